The molecule has 210 valence electrons. The molecule has 1 saturated heterocycles. The predicted molar refractivity (Wildman–Crippen MR) is 160 cm³/mol. The minimum absolute atomic E-state index is 0.0755. The molecule has 0 bridgehead atoms. The number of carbonyl (C=O) groups is 1. The smallest absolute Gasteiger partial charge is 0.335 e. The van der Waals surface area contributed by atoms with Crippen LogP contribution < -0.4 is 9.64 Å². The van der Waals surface area contributed by atoms with Gasteiger partial charge in [-0.2, -0.15) is 0 Å². The van der Waals surface area contributed by atoms with Crippen LogP contribution in [-0.4, -0.2) is 40.4 Å². The first-order valence-electron chi connectivity index (χ1n) is 13.8. The van der Waals surface area contributed by atoms with E-state index >= 15 is 0 Å². The quantitative estimate of drug-likeness (QED) is 0.206. The molecule has 7 nitrogen and oxygen atoms in total. The molecule has 1 aliphatic carbocycles. The standard InChI is InChI=1S/C30H31Cl2N3O4S/c1-16(2)38-23-14-19(29(36)37)15-24-27(23)33-30(40-24)35-12-10-17(11-13-35)6-9-20-26(34-39-28(20)18-7-8-18)25-21(31)4-3-5-22(25)32/h3-5,14-18H,6-13H2,1-2H3,(H,36,37). The summed E-state index contributed by atoms with van der Waals surface area (Å²) in [5, 5.41) is 16.1. The number of ether oxygens (including phenoxy) is 1. The second-order valence-corrected chi connectivity index (χ2v) is 12.8. The summed E-state index contributed by atoms with van der Waals surface area (Å²) in [6.07, 6.45) is 6.22. The fraction of sp³-hybridized carbons (Fsp3) is 0.433. The molecule has 1 N–H and O–H groups in total. The lowest BCUT2D eigenvalue weighted by molar-refractivity contribution is 0.0696. The maximum atomic E-state index is 11.7. The minimum Gasteiger partial charge on any atom is -0.489 e. The number of hydrogen-bond donors (Lipinski definition) is 1. The Morgan fingerprint density at radius 2 is 1.90 bits per heavy atom. The van der Waals surface area contributed by atoms with Crippen molar-refractivity contribution in [2.24, 2.45) is 5.92 Å². The van der Waals surface area contributed by atoms with Gasteiger partial charge in [-0.3, -0.25) is 0 Å². The Labute approximate surface area is 247 Å². The number of benzene rings is 2. The van der Waals surface area contributed by atoms with E-state index in [1.165, 1.54) is 11.3 Å². The van der Waals surface area contributed by atoms with Gasteiger partial charge in [0.1, 0.15) is 22.7 Å². The van der Waals surface area contributed by atoms with E-state index in [2.05, 4.69) is 10.1 Å². The van der Waals surface area contributed by atoms with Crippen LogP contribution in [0.3, 0.4) is 0 Å². The number of halogens is 2. The van der Waals surface area contributed by atoms with Crippen molar-refractivity contribution < 1.29 is 19.2 Å². The number of nitrogens with zero attached hydrogens (tertiary/aromatic N) is 3. The normalized spacial score (nSPS) is 16.3. The van der Waals surface area contributed by atoms with E-state index in [0.717, 1.165) is 89.5 Å². The summed E-state index contributed by atoms with van der Waals surface area (Å²) in [6.45, 7) is 5.66. The molecule has 40 heavy (non-hydrogen) atoms. The Morgan fingerprint density at radius 3 is 2.55 bits per heavy atom. The number of fused-ring (bicyclic) bond motifs is 1. The lowest BCUT2D eigenvalue weighted by atomic mass is 9.89. The number of carboxylic acid groups (broad SMARTS) is 1. The molecule has 4 aromatic rings. The summed E-state index contributed by atoms with van der Waals surface area (Å²) >= 11 is 14.6. The van der Waals surface area contributed by atoms with E-state index in [9.17, 15) is 9.90 Å². The first kappa shape index (κ1) is 27.4. The SMILES string of the molecule is CC(C)Oc1cc(C(=O)O)cc2sc(N3CCC(CCc4c(-c5c(Cl)cccc5Cl)noc4C4CC4)CC3)nc12. The van der Waals surface area contributed by atoms with Crippen molar-refractivity contribution in [3.05, 3.63) is 57.3 Å². The maximum Gasteiger partial charge on any atom is 0.335 e. The Kier molecular flexibility index (Phi) is 7.68. The summed E-state index contributed by atoms with van der Waals surface area (Å²) in [6, 6.07) is 8.80. The van der Waals surface area contributed by atoms with Crippen molar-refractivity contribution in [2.45, 2.75) is 64.4 Å². The van der Waals surface area contributed by atoms with Crippen molar-refractivity contribution in [3.8, 4) is 17.0 Å². The molecule has 0 atom stereocenters. The summed E-state index contributed by atoms with van der Waals surface area (Å²) in [5.74, 6) is 1.57. The lowest BCUT2D eigenvalue weighted by Crippen LogP contribution is -2.33. The molecule has 1 saturated carbocycles. The van der Waals surface area contributed by atoms with Gasteiger partial charge in [0, 0.05) is 30.1 Å². The number of aromatic carboxylic acids is 1. The molecule has 2 aliphatic rings. The molecule has 0 spiro atoms. The van der Waals surface area contributed by atoms with Gasteiger partial charge in [-0.05, 0) is 82.6 Å². The number of anilines is 1. The van der Waals surface area contributed by atoms with E-state index in [4.69, 9.17) is 37.4 Å². The van der Waals surface area contributed by atoms with E-state index in [0.29, 0.717) is 27.6 Å². The van der Waals surface area contributed by atoms with Crippen LogP contribution in [0.15, 0.2) is 34.9 Å². The van der Waals surface area contributed by atoms with Crippen LogP contribution in [0.1, 0.15) is 73.6 Å². The molecule has 2 aromatic heterocycles. The lowest BCUT2D eigenvalue weighted by Gasteiger charge is -2.31. The van der Waals surface area contributed by atoms with Crippen molar-refractivity contribution in [1.82, 2.24) is 10.1 Å². The topological polar surface area (TPSA) is 88.7 Å². The van der Waals surface area contributed by atoms with Crippen molar-refractivity contribution in [2.75, 3.05) is 18.0 Å². The number of piperidine rings is 1. The van der Waals surface area contributed by atoms with Gasteiger partial charge in [0.25, 0.3) is 0 Å². The predicted octanol–water partition coefficient (Wildman–Crippen LogP) is 8.47. The summed E-state index contributed by atoms with van der Waals surface area (Å²) in [7, 11) is 0. The molecule has 10 heteroatoms. The summed E-state index contributed by atoms with van der Waals surface area (Å²) in [5.41, 5.74) is 3.64. The maximum absolute atomic E-state index is 11.7. The molecule has 2 aromatic carbocycles. The van der Waals surface area contributed by atoms with Gasteiger partial charge in [-0.1, -0.05) is 45.8 Å². The zero-order chi connectivity index (χ0) is 28.0. The number of hydrogen-bond acceptors (Lipinski definition) is 7. The fourth-order valence-corrected chi connectivity index (χ4v) is 7.15. The average Bonchev–Trinajstić information content (AvgIpc) is 3.53. The van der Waals surface area contributed by atoms with Gasteiger partial charge >= 0.3 is 5.97 Å². The van der Waals surface area contributed by atoms with Crippen molar-refractivity contribution >= 4 is 55.9 Å². The average molecular weight is 601 g/mol. The van der Waals surface area contributed by atoms with E-state index in [-0.39, 0.29) is 11.7 Å². The molecule has 1 aliphatic heterocycles. The van der Waals surface area contributed by atoms with E-state index < -0.39 is 5.97 Å². The third kappa shape index (κ3) is 5.54. The molecule has 3 heterocycles. The molecular formula is C30H31Cl2N3O4S. The fourth-order valence-electron chi connectivity index (χ4n) is 5.50. The highest BCUT2D eigenvalue weighted by Crippen LogP contribution is 2.46. The third-order valence-corrected chi connectivity index (χ3v) is 9.41. The zero-order valence-electron chi connectivity index (χ0n) is 22.5. The Morgan fingerprint density at radius 1 is 1.18 bits per heavy atom. The van der Waals surface area contributed by atoms with Gasteiger partial charge in [0.05, 0.1) is 26.4 Å². The highest BCUT2D eigenvalue weighted by molar-refractivity contribution is 7.22. The Balaban J connectivity index is 1.16. The molecule has 0 amide bonds. The second-order valence-electron chi connectivity index (χ2n) is 11.0. The van der Waals surface area contributed by atoms with Gasteiger partial charge < -0.3 is 19.3 Å². The number of aromatic nitrogens is 2. The molecular weight excluding hydrogens is 569 g/mol. The first-order valence-corrected chi connectivity index (χ1v) is 15.4. The molecule has 2 fully saturated rings. The largest absolute Gasteiger partial charge is 0.489 e. The van der Waals surface area contributed by atoms with Crippen LogP contribution in [0.4, 0.5) is 5.13 Å². The van der Waals surface area contributed by atoms with Crippen molar-refractivity contribution in [1.29, 1.82) is 0 Å². The van der Waals surface area contributed by atoms with Gasteiger partial charge in [-0.25, -0.2) is 9.78 Å². The van der Waals surface area contributed by atoms with Crippen LogP contribution in [0.5, 0.6) is 5.75 Å². The molecule has 0 radical (unpaired) electrons. The molecule has 0 unspecified atom stereocenters. The number of rotatable bonds is 9. The van der Waals surface area contributed by atoms with Crippen molar-refractivity contribution in [3.63, 3.8) is 0 Å². The van der Waals surface area contributed by atoms with Gasteiger partial charge in [0.2, 0.25) is 0 Å². The van der Waals surface area contributed by atoms with Crippen LogP contribution in [0.2, 0.25) is 10.0 Å². The number of carboxylic acids is 1. The highest BCUT2D eigenvalue weighted by Gasteiger charge is 2.34. The van der Waals surface area contributed by atoms with Gasteiger partial charge in [-0.15, -0.1) is 0 Å². The van der Waals surface area contributed by atoms with Crippen LogP contribution in [0.25, 0.3) is 21.5 Å². The Bertz CT molecular complexity index is 1530. The highest BCUT2D eigenvalue weighted by atomic mass is 35.5. The number of thiazole rings is 1. The monoisotopic (exact) mass is 599 g/mol. The van der Waals surface area contributed by atoms with E-state index in [1.807, 2.05) is 32.0 Å². The Hall–Kier alpha value is -2.81. The van der Waals surface area contributed by atoms with E-state index in [1.54, 1.807) is 12.1 Å². The van der Waals surface area contributed by atoms with Crippen LogP contribution >= 0.6 is 34.5 Å². The zero-order valence-corrected chi connectivity index (χ0v) is 24.8. The van der Waals surface area contributed by atoms with Crippen LogP contribution in [-0.2, 0) is 6.42 Å². The first-order chi connectivity index (χ1) is 19.3. The summed E-state index contributed by atoms with van der Waals surface area (Å²) in [4.78, 5) is 18.9. The third-order valence-electron chi connectivity index (χ3n) is 7.71. The van der Waals surface area contributed by atoms with Gasteiger partial charge in [0.15, 0.2) is 5.13 Å². The minimum atomic E-state index is -0.969. The van der Waals surface area contributed by atoms with Crippen LogP contribution in [0, 0.1) is 5.92 Å². The molecule has 6 rings (SSSR count). The second kappa shape index (κ2) is 11.2. The summed E-state index contributed by atoms with van der Waals surface area (Å²) < 4.78 is 12.6.